The number of unbranched alkanes of at least 4 members (excludes halogenated alkanes) is 6. The molecule has 0 spiro atoms. The maximum atomic E-state index is 5.50. The van der Waals surface area contributed by atoms with Gasteiger partial charge in [0.15, 0.2) is 0 Å². The lowest BCUT2D eigenvalue weighted by Gasteiger charge is -2.02. The molecule has 0 unspecified atom stereocenters. The minimum absolute atomic E-state index is 0.689. The van der Waals surface area contributed by atoms with Crippen LogP contribution in [0.2, 0.25) is 0 Å². The van der Waals surface area contributed by atoms with Gasteiger partial charge >= 0.3 is 0 Å². The second-order valence-electron chi connectivity index (χ2n) is 4.76. The molecule has 0 aromatic carbocycles. The molecule has 0 saturated heterocycles. The fourth-order valence-electron chi connectivity index (χ4n) is 2.06. The molecule has 3 heteroatoms. The number of hydrogen-bond donors (Lipinski definition) is 1. The maximum absolute atomic E-state index is 5.50. The summed E-state index contributed by atoms with van der Waals surface area (Å²) in [7, 11) is 0. The van der Waals surface area contributed by atoms with E-state index >= 15 is 0 Å². The van der Waals surface area contributed by atoms with Crippen molar-refractivity contribution in [3.05, 3.63) is 18.2 Å². The Kier molecular flexibility index (Phi) is 7.72. The molecule has 0 atom stereocenters. The van der Waals surface area contributed by atoms with E-state index in [0.29, 0.717) is 6.54 Å². The molecule has 1 aromatic rings. The van der Waals surface area contributed by atoms with Gasteiger partial charge in [-0.2, -0.15) is 0 Å². The first-order chi connectivity index (χ1) is 8.36. The monoisotopic (exact) mass is 237 g/mol. The number of nitrogens with zero attached hydrogens (tertiary/aromatic N) is 2. The van der Waals surface area contributed by atoms with Crippen molar-refractivity contribution in [3.8, 4) is 0 Å². The van der Waals surface area contributed by atoms with E-state index in [1.54, 1.807) is 0 Å². The molecule has 0 amide bonds. The summed E-state index contributed by atoms with van der Waals surface area (Å²) in [6.07, 6.45) is 14.5. The second-order valence-corrected chi connectivity index (χ2v) is 4.76. The number of aryl methyl sites for hydroxylation is 1. The fraction of sp³-hybridized carbons (Fsp3) is 0.786. The Hall–Kier alpha value is -0.830. The van der Waals surface area contributed by atoms with Gasteiger partial charge in [-0.1, -0.05) is 45.4 Å². The number of rotatable bonds is 10. The van der Waals surface area contributed by atoms with Crippen molar-refractivity contribution in [2.24, 2.45) is 5.73 Å². The van der Waals surface area contributed by atoms with Crippen molar-refractivity contribution in [2.45, 2.75) is 64.8 Å². The summed E-state index contributed by atoms with van der Waals surface area (Å²) in [4.78, 5) is 4.33. The van der Waals surface area contributed by atoms with Gasteiger partial charge in [-0.25, -0.2) is 4.98 Å². The number of nitrogens with two attached hydrogens (primary N) is 1. The van der Waals surface area contributed by atoms with Gasteiger partial charge in [0.2, 0.25) is 0 Å². The Morgan fingerprint density at radius 2 is 1.82 bits per heavy atom. The van der Waals surface area contributed by atoms with E-state index in [1.165, 1.54) is 44.9 Å². The predicted octanol–water partition coefficient (Wildman–Crippen LogP) is 3.13. The Morgan fingerprint density at radius 1 is 1.12 bits per heavy atom. The third-order valence-corrected chi connectivity index (χ3v) is 3.11. The molecule has 0 aliphatic heterocycles. The van der Waals surface area contributed by atoms with E-state index in [9.17, 15) is 0 Å². The molecule has 0 aliphatic carbocycles. The molecule has 0 bridgehead atoms. The lowest BCUT2D eigenvalue weighted by Crippen LogP contribution is -2.02. The van der Waals surface area contributed by atoms with Crippen LogP contribution in [0.5, 0.6) is 0 Å². The van der Waals surface area contributed by atoms with E-state index in [0.717, 1.165) is 18.7 Å². The van der Waals surface area contributed by atoms with Crippen molar-refractivity contribution < 1.29 is 0 Å². The molecule has 0 aliphatic rings. The third kappa shape index (κ3) is 6.47. The first kappa shape index (κ1) is 14.2. The summed E-state index contributed by atoms with van der Waals surface area (Å²) in [5.74, 6) is 0. The van der Waals surface area contributed by atoms with Crippen LogP contribution in [0.25, 0.3) is 0 Å². The van der Waals surface area contributed by atoms with Crippen molar-refractivity contribution in [2.75, 3.05) is 6.54 Å². The molecule has 1 rings (SSSR count). The summed E-state index contributed by atoms with van der Waals surface area (Å²) in [5, 5.41) is 0. The predicted molar refractivity (Wildman–Crippen MR) is 73.0 cm³/mol. The molecule has 2 N–H and O–H groups in total. The zero-order valence-corrected chi connectivity index (χ0v) is 11.2. The van der Waals surface area contributed by atoms with Gasteiger partial charge in [0, 0.05) is 19.2 Å². The highest BCUT2D eigenvalue weighted by Gasteiger charge is 1.97. The lowest BCUT2D eigenvalue weighted by molar-refractivity contribution is 0.549. The summed E-state index contributed by atoms with van der Waals surface area (Å²) >= 11 is 0. The van der Waals surface area contributed by atoms with E-state index in [-0.39, 0.29) is 0 Å². The zero-order chi connectivity index (χ0) is 12.3. The molecular formula is C14H27N3. The van der Waals surface area contributed by atoms with Gasteiger partial charge < -0.3 is 10.3 Å². The average Bonchev–Trinajstić information content (AvgIpc) is 2.76. The maximum Gasteiger partial charge on any atom is 0.0949 e. The first-order valence-corrected chi connectivity index (χ1v) is 7.07. The Labute approximate surface area is 105 Å². The van der Waals surface area contributed by atoms with Gasteiger partial charge in [0.25, 0.3) is 0 Å². The van der Waals surface area contributed by atoms with Crippen molar-refractivity contribution in [1.82, 2.24) is 9.55 Å². The van der Waals surface area contributed by atoms with Gasteiger partial charge in [-0.3, -0.25) is 0 Å². The minimum Gasteiger partial charge on any atom is -0.337 e. The van der Waals surface area contributed by atoms with E-state index in [4.69, 9.17) is 5.73 Å². The van der Waals surface area contributed by atoms with Crippen molar-refractivity contribution >= 4 is 0 Å². The first-order valence-electron chi connectivity index (χ1n) is 7.07. The highest BCUT2D eigenvalue weighted by molar-refractivity contribution is 4.96. The zero-order valence-electron chi connectivity index (χ0n) is 11.2. The van der Waals surface area contributed by atoms with Crippen LogP contribution in [0, 0.1) is 0 Å². The summed E-state index contributed by atoms with van der Waals surface area (Å²) in [5.41, 5.74) is 6.62. The topological polar surface area (TPSA) is 43.8 Å². The van der Waals surface area contributed by atoms with Crippen LogP contribution in [0.1, 0.15) is 57.6 Å². The van der Waals surface area contributed by atoms with E-state index in [2.05, 4.69) is 22.7 Å². The van der Waals surface area contributed by atoms with Crippen LogP contribution in [-0.2, 0) is 13.0 Å². The van der Waals surface area contributed by atoms with Gasteiger partial charge in [0.05, 0.1) is 12.0 Å². The summed E-state index contributed by atoms with van der Waals surface area (Å²) in [6, 6.07) is 0. The normalized spacial score (nSPS) is 10.9. The van der Waals surface area contributed by atoms with Crippen LogP contribution in [-0.4, -0.2) is 16.1 Å². The molecule has 0 fully saturated rings. The molecule has 98 valence electrons. The van der Waals surface area contributed by atoms with E-state index < -0.39 is 0 Å². The van der Waals surface area contributed by atoms with Crippen LogP contribution < -0.4 is 5.73 Å². The Balaban J connectivity index is 2.01. The molecule has 17 heavy (non-hydrogen) atoms. The third-order valence-electron chi connectivity index (χ3n) is 3.11. The molecule has 3 nitrogen and oxygen atoms in total. The quantitative estimate of drug-likeness (QED) is 0.635. The highest BCUT2D eigenvalue weighted by atomic mass is 15.0. The largest absolute Gasteiger partial charge is 0.337 e. The highest BCUT2D eigenvalue weighted by Crippen LogP contribution is 2.08. The molecule has 1 heterocycles. The Bertz CT molecular complexity index is 281. The second kappa shape index (κ2) is 9.23. The van der Waals surface area contributed by atoms with Crippen molar-refractivity contribution in [3.63, 3.8) is 0 Å². The van der Waals surface area contributed by atoms with E-state index in [1.807, 2.05) is 6.33 Å². The van der Waals surface area contributed by atoms with Crippen LogP contribution in [0.3, 0.4) is 0 Å². The minimum atomic E-state index is 0.689. The van der Waals surface area contributed by atoms with Crippen LogP contribution in [0.4, 0.5) is 0 Å². The summed E-state index contributed by atoms with van der Waals surface area (Å²) in [6.45, 7) is 4.05. The standard InChI is InChI=1S/C14H27N3/c1-2-3-4-5-6-7-8-11-17-12-14(9-10-15)16-13-17/h12-13H,2-11,15H2,1H3. The van der Waals surface area contributed by atoms with Crippen molar-refractivity contribution in [1.29, 1.82) is 0 Å². The fourth-order valence-corrected chi connectivity index (χ4v) is 2.06. The van der Waals surface area contributed by atoms with Crippen LogP contribution >= 0.6 is 0 Å². The SMILES string of the molecule is CCCCCCCCCn1cnc(CCN)c1. The number of aromatic nitrogens is 2. The smallest absolute Gasteiger partial charge is 0.0949 e. The average molecular weight is 237 g/mol. The lowest BCUT2D eigenvalue weighted by atomic mass is 10.1. The molecule has 0 radical (unpaired) electrons. The van der Waals surface area contributed by atoms with Gasteiger partial charge in [-0.15, -0.1) is 0 Å². The number of imidazole rings is 1. The number of hydrogen-bond acceptors (Lipinski definition) is 2. The van der Waals surface area contributed by atoms with Gasteiger partial charge in [-0.05, 0) is 13.0 Å². The molecule has 0 saturated carbocycles. The van der Waals surface area contributed by atoms with Crippen LogP contribution in [0.15, 0.2) is 12.5 Å². The summed E-state index contributed by atoms with van der Waals surface area (Å²) < 4.78 is 2.19. The van der Waals surface area contributed by atoms with Gasteiger partial charge in [0.1, 0.15) is 0 Å². The molecular weight excluding hydrogens is 210 g/mol. The molecule has 1 aromatic heterocycles. The Morgan fingerprint density at radius 3 is 2.53 bits per heavy atom.